The van der Waals surface area contributed by atoms with Gasteiger partial charge in [0.1, 0.15) is 18.7 Å². The predicted octanol–water partition coefficient (Wildman–Crippen LogP) is 1.43. The Morgan fingerprint density at radius 2 is 1.71 bits per heavy atom. The Hall–Kier alpha value is -3.43. The number of amides is 4. The van der Waals surface area contributed by atoms with Crippen LogP contribution in [0.4, 0.5) is 4.79 Å². The molecule has 0 radical (unpaired) electrons. The van der Waals surface area contributed by atoms with E-state index in [9.17, 15) is 24.0 Å². The van der Waals surface area contributed by atoms with Crippen molar-refractivity contribution in [1.29, 1.82) is 0 Å². The third-order valence-electron chi connectivity index (χ3n) is 5.59. The molecule has 192 valence electrons. The minimum Gasteiger partial charge on any atom is -0.445 e. The van der Waals surface area contributed by atoms with Gasteiger partial charge in [0, 0.05) is 6.54 Å². The maximum atomic E-state index is 13.1. The van der Waals surface area contributed by atoms with Crippen LogP contribution in [0.25, 0.3) is 0 Å². The van der Waals surface area contributed by atoms with Crippen molar-refractivity contribution in [3.05, 3.63) is 35.9 Å². The lowest BCUT2D eigenvalue weighted by Crippen LogP contribution is -2.57. The summed E-state index contributed by atoms with van der Waals surface area (Å²) in [4.78, 5) is 62.5. The normalized spacial score (nSPS) is 17.7. The van der Waals surface area contributed by atoms with Crippen molar-refractivity contribution >= 4 is 29.6 Å². The van der Waals surface area contributed by atoms with Gasteiger partial charge in [0.2, 0.25) is 17.6 Å². The molecule has 35 heavy (non-hydrogen) atoms. The summed E-state index contributed by atoms with van der Waals surface area (Å²) in [6, 6.07) is 6.33. The van der Waals surface area contributed by atoms with Crippen LogP contribution in [0.1, 0.15) is 52.5 Å². The topological polar surface area (TPSA) is 143 Å². The molecule has 10 nitrogen and oxygen atoms in total. The van der Waals surface area contributed by atoms with Crippen LogP contribution in [0.3, 0.4) is 0 Å². The Kier molecular flexibility index (Phi) is 10.7. The number of carbonyl (C=O) groups is 5. The second-order valence-corrected chi connectivity index (χ2v) is 9.44. The number of ketones is 1. The van der Waals surface area contributed by atoms with Gasteiger partial charge in [-0.15, -0.1) is 0 Å². The Morgan fingerprint density at radius 3 is 2.34 bits per heavy atom. The van der Waals surface area contributed by atoms with Crippen molar-refractivity contribution in [1.82, 2.24) is 21.3 Å². The highest BCUT2D eigenvalue weighted by Gasteiger charge is 2.33. The summed E-state index contributed by atoms with van der Waals surface area (Å²) in [5.74, 6) is -2.74. The van der Waals surface area contributed by atoms with Crippen LogP contribution in [-0.4, -0.2) is 54.3 Å². The van der Waals surface area contributed by atoms with Gasteiger partial charge in [-0.25, -0.2) is 4.79 Å². The van der Waals surface area contributed by atoms with E-state index in [0.29, 0.717) is 25.8 Å². The van der Waals surface area contributed by atoms with Gasteiger partial charge in [-0.1, -0.05) is 58.0 Å². The molecule has 1 heterocycles. The fourth-order valence-corrected chi connectivity index (χ4v) is 3.69. The summed E-state index contributed by atoms with van der Waals surface area (Å²) < 4.78 is 5.23. The summed E-state index contributed by atoms with van der Waals surface area (Å²) in [6.07, 6.45) is 0.444. The fourth-order valence-electron chi connectivity index (χ4n) is 3.69. The van der Waals surface area contributed by atoms with Gasteiger partial charge in [-0.05, 0) is 36.7 Å². The zero-order valence-corrected chi connectivity index (χ0v) is 20.8. The highest BCUT2D eigenvalue weighted by Crippen LogP contribution is 2.10. The second kappa shape index (κ2) is 13.5. The molecule has 1 aliphatic heterocycles. The van der Waals surface area contributed by atoms with E-state index in [4.69, 9.17) is 4.74 Å². The van der Waals surface area contributed by atoms with Crippen molar-refractivity contribution in [2.24, 2.45) is 11.8 Å². The van der Waals surface area contributed by atoms with E-state index in [-0.39, 0.29) is 18.4 Å². The van der Waals surface area contributed by atoms with Crippen LogP contribution in [0.2, 0.25) is 0 Å². The van der Waals surface area contributed by atoms with Crippen molar-refractivity contribution in [2.45, 2.75) is 71.7 Å². The lowest BCUT2D eigenvalue weighted by Gasteiger charge is -2.27. The largest absolute Gasteiger partial charge is 0.445 e. The summed E-state index contributed by atoms with van der Waals surface area (Å²) in [7, 11) is 0. The van der Waals surface area contributed by atoms with Crippen LogP contribution >= 0.6 is 0 Å². The van der Waals surface area contributed by atoms with Crippen LogP contribution < -0.4 is 21.3 Å². The van der Waals surface area contributed by atoms with E-state index in [2.05, 4.69) is 21.3 Å². The third-order valence-corrected chi connectivity index (χ3v) is 5.59. The lowest BCUT2D eigenvalue weighted by atomic mass is 9.99. The summed E-state index contributed by atoms with van der Waals surface area (Å²) >= 11 is 0. The Bertz CT molecular complexity index is 902. The van der Waals surface area contributed by atoms with Crippen LogP contribution in [0.15, 0.2) is 30.3 Å². The first kappa shape index (κ1) is 27.8. The predicted molar refractivity (Wildman–Crippen MR) is 129 cm³/mol. The number of benzene rings is 1. The molecule has 3 atom stereocenters. The Labute approximate surface area is 205 Å². The van der Waals surface area contributed by atoms with Crippen molar-refractivity contribution < 1.29 is 28.7 Å². The molecule has 0 aromatic heterocycles. The van der Waals surface area contributed by atoms with Crippen LogP contribution in [0.5, 0.6) is 0 Å². The van der Waals surface area contributed by atoms with E-state index in [1.807, 2.05) is 44.2 Å². The molecule has 0 aliphatic carbocycles. The smallest absolute Gasteiger partial charge is 0.408 e. The second-order valence-electron chi connectivity index (χ2n) is 9.44. The number of carbonyl (C=O) groups excluding carboxylic acids is 5. The van der Waals surface area contributed by atoms with E-state index in [1.54, 1.807) is 13.8 Å². The summed E-state index contributed by atoms with van der Waals surface area (Å²) in [5.41, 5.74) is 0.809. The number of ether oxygens (including phenoxy) is 1. The first-order valence-corrected chi connectivity index (χ1v) is 12.0. The highest BCUT2D eigenvalue weighted by molar-refractivity contribution is 6.38. The van der Waals surface area contributed by atoms with Crippen LogP contribution in [-0.2, 0) is 30.5 Å². The quantitative estimate of drug-likeness (QED) is 0.367. The average molecular weight is 489 g/mol. The molecular weight excluding hydrogens is 452 g/mol. The van der Waals surface area contributed by atoms with Gasteiger partial charge in [0.25, 0.3) is 5.91 Å². The zero-order valence-electron chi connectivity index (χ0n) is 20.8. The van der Waals surface area contributed by atoms with Gasteiger partial charge < -0.3 is 26.0 Å². The van der Waals surface area contributed by atoms with E-state index >= 15 is 0 Å². The van der Waals surface area contributed by atoms with Crippen molar-refractivity contribution in [3.63, 3.8) is 0 Å². The average Bonchev–Trinajstić information content (AvgIpc) is 2.96. The molecule has 1 aromatic carbocycles. The molecule has 0 saturated carbocycles. The number of hydrogen-bond acceptors (Lipinski definition) is 6. The van der Waals surface area contributed by atoms with Gasteiger partial charge in [-0.2, -0.15) is 0 Å². The molecule has 2 rings (SSSR count). The minimum absolute atomic E-state index is 0.0560. The molecule has 10 heteroatoms. The number of rotatable bonds is 10. The molecule has 1 saturated heterocycles. The SMILES string of the molecule is CC(C)C[C@H](NC(=O)[C@@H](NC(=O)OCc1ccccc1)C(C)C)C(=O)NC1CCCNC(=O)C1=O. The monoisotopic (exact) mass is 488 g/mol. The third kappa shape index (κ3) is 9.03. The van der Waals surface area contributed by atoms with Gasteiger partial charge in [-0.3, -0.25) is 19.2 Å². The van der Waals surface area contributed by atoms with Gasteiger partial charge >= 0.3 is 6.09 Å². The molecule has 1 fully saturated rings. The highest BCUT2D eigenvalue weighted by atomic mass is 16.5. The molecule has 1 unspecified atom stereocenters. The fraction of sp³-hybridized carbons (Fsp3) is 0.560. The summed E-state index contributed by atoms with van der Waals surface area (Å²) in [5, 5.41) is 10.4. The Morgan fingerprint density at radius 1 is 1.03 bits per heavy atom. The summed E-state index contributed by atoms with van der Waals surface area (Å²) in [6.45, 7) is 7.75. The minimum atomic E-state index is -0.941. The maximum absolute atomic E-state index is 13.1. The molecular formula is C25H36N4O6. The lowest BCUT2D eigenvalue weighted by molar-refractivity contribution is -0.140. The molecule has 0 bridgehead atoms. The molecule has 0 spiro atoms. The zero-order chi connectivity index (χ0) is 26.0. The first-order valence-electron chi connectivity index (χ1n) is 12.0. The number of hydrogen-bond donors (Lipinski definition) is 4. The number of alkyl carbamates (subject to hydrolysis) is 1. The van der Waals surface area contributed by atoms with Crippen molar-refractivity contribution in [3.8, 4) is 0 Å². The van der Waals surface area contributed by atoms with E-state index in [0.717, 1.165) is 5.56 Å². The van der Waals surface area contributed by atoms with Gasteiger partial charge in [0.05, 0.1) is 6.04 Å². The van der Waals surface area contributed by atoms with Gasteiger partial charge in [0.15, 0.2) is 0 Å². The Balaban J connectivity index is 2.02. The number of Topliss-reactive ketones (excluding diaryl/α,β-unsaturated/α-hetero) is 1. The van der Waals surface area contributed by atoms with Crippen LogP contribution in [0, 0.1) is 11.8 Å². The molecule has 1 aliphatic rings. The molecule has 4 N–H and O–H groups in total. The van der Waals surface area contributed by atoms with E-state index in [1.165, 1.54) is 0 Å². The first-order chi connectivity index (χ1) is 16.6. The number of nitrogens with one attached hydrogen (secondary N) is 4. The maximum Gasteiger partial charge on any atom is 0.408 e. The van der Waals surface area contributed by atoms with E-state index < -0.39 is 47.7 Å². The standard InChI is InChI=1S/C25H36N4O6/c1-15(2)13-19(22(31)27-18-11-8-12-26-24(33)21(18)30)28-23(32)20(16(3)4)29-25(34)35-14-17-9-6-5-7-10-17/h5-7,9-10,15-16,18-20H,8,11-14H2,1-4H3,(H,26,33)(H,27,31)(H,28,32)(H,29,34)/t18?,19-,20-/m0/s1. The van der Waals surface area contributed by atoms with Crippen molar-refractivity contribution in [2.75, 3.05) is 6.54 Å². The molecule has 4 amide bonds. The molecule has 1 aromatic rings.